The minimum Gasteiger partial charge on any atom is -0.457 e. The highest BCUT2D eigenvalue weighted by Crippen LogP contribution is 2.29. The van der Waals surface area contributed by atoms with E-state index in [-0.39, 0.29) is 29.0 Å². The molecule has 0 radical (unpaired) electrons. The number of amides is 1. The molecule has 0 bridgehead atoms. The first-order valence-corrected chi connectivity index (χ1v) is 9.62. The van der Waals surface area contributed by atoms with Crippen molar-refractivity contribution in [2.24, 2.45) is 0 Å². The van der Waals surface area contributed by atoms with Crippen molar-refractivity contribution in [1.82, 2.24) is 25.5 Å². The minimum atomic E-state index is -0.587. The lowest BCUT2D eigenvalue weighted by molar-refractivity contribution is 0.0950. The normalized spacial score (nSPS) is 10.7. The average molecular weight is 457 g/mol. The number of nitrogens with one attached hydrogen (secondary N) is 1. The summed E-state index contributed by atoms with van der Waals surface area (Å²) in [6, 6.07) is 14.2. The van der Waals surface area contributed by atoms with Crippen LogP contribution >= 0.6 is 11.6 Å². The van der Waals surface area contributed by atoms with Gasteiger partial charge in [-0.05, 0) is 59.0 Å². The number of tetrazole rings is 1. The second-order valence-electron chi connectivity index (χ2n) is 6.61. The molecule has 8 nitrogen and oxygen atoms in total. The van der Waals surface area contributed by atoms with Crippen LogP contribution in [0.1, 0.15) is 15.9 Å². The maximum Gasteiger partial charge on any atom is 0.251 e. The van der Waals surface area contributed by atoms with Gasteiger partial charge in [0.2, 0.25) is 5.95 Å². The van der Waals surface area contributed by atoms with Crippen LogP contribution in [0.25, 0.3) is 5.69 Å². The smallest absolute Gasteiger partial charge is 0.251 e. The molecule has 0 aliphatic heterocycles. The highest BCUT2D eigenvalue weighted by molar-refractivity contribution is 6.30. The molecule has 0 aliphatic rings. The van der Waals surface area contributed by atoms with E-state index in [1.165, 1.54) is 35.0 Å². The average Bonchev–Trinajstić information content (AvgIpc) is 3.22. The lowest BCUT2D eigenvalue weighted by Crippen LogP contribution is -2.23. The van der Waals surface area contributed by atoms with E-state index in [4.69, 9.17) is 22.1 Å². The maximum atomic E-state index is 13.8. The van der Waals surface area contributed by atoms with Gasteiger partial charge in [-0.2, -0.15) is 4.68 Å². The SMILES string of the molecule is Nc1nnnn1-c1cccc(C(=O)NCc2cc(F)ccc2Oc2ccc(F)c(Cl)c2)c1. The number of nitrogens with two attached hydrogens (primary N) is 1. The molecule has 4 rings (SSSR count). The van der Waals surface area contributed by atoms with Gasteiger partial charge < -0.3 is 15.8 Å². The van der Waals surface area contributed by atoms with Crippen molar-refractivity contribution in [2.75, 3.05) is 5.73 Å². The number of rotatable bonds is 6. The Labute approximate surface area is 185 Å². The largest absolute Gasteiger partial charge is 0.457 e. The Morgan fingerprint density at radius 1 is 1.12 bits per heavy atom. The zero-order chi connectivity index (χ0) is 22.7. The number of nitrogens with zero attached hydrogens (tertiary/aromatic N) is 4. The topological polar surface area (TPSA) is 108 Å². The first-order valence-electron chi connectivity index (χ1n) is 9.24. The van der Waals surface area contributed by atoms with Crippen LogP contribution in [0.15, 0.2) is 60.7 Å². The summed E-state index contributed by atoms with van der Waals surface area (Å²) in [6.45, 7) is -0.0297. The van der Waals surface area contributed by atoms with Crippen molar-refractivity contribution >= 4 is 23.5 Å². The van der Waals surface area contributed by atoms with E-state index < -0.39 is 17.5 Å². The van der Waals surface area contributed by atoms with E-state index in [0.29, 0.717) is 16.8 Å². The molecule has 0 spiro atoms. The molecule has 162 valence electrons. The van der Waals surface area contributed by atoms with Crippen molar-refractivity contribution < 1.29 is 18.3 Å². The van der Waals surface area contributed by atoms with Gasteiger partial charge >= 0.3 is 0 Å². The summed E-state index contributed by atoms with van der Waals surface area (Å²) in [5.74, 6) is -0.887. The first-order chi connectivity index (χ1) is 15.4. The Bertz CT molecular complexity index is 1300. The summed E-state index contributed by atoms with van der Waals surface area (Å²) in [5.41, 5.74) is 6.89. The third kappa shape index (κ3) is 4.65. The van der Waals surface area contributed by atoms with Gasteiger partial charge in [0.15, 0.2) is 0 Å². The number of aromatic nitrogens is 4. The molecule has 4 aromatic rings. The number of ether oxygens (including phenoxy) is 1. The van der Waals surface area contributed by atoms with Crippen molar-refractivity contribution in [2.45, 2.75) is 6.54 Å². The van der Waals surface area contributed by atoms with E-state index >= 15 is 0 Å². The third-order valence-electron chi connectivity index (χ3n) is 4.43. The maximum absolute atomic E-state index is 13.8. The molecule has 1 amide bonds. The molecule has 1 aromatic heterocycles. The van der Waals surface area contributed by atoms with Crippen LogP contribution in [0.5, 0.6) is 11.5 Å². The van der Waals surface area contributed by atoms with Gasteiger partial charge in [0.25, 0.3) is 5.91 Å². The Kier molecular flexibility index (Phi) is 5.95. The summed E-state index contributed by atoms with van der Waals surface area (Å²) in [7, 11) is 0. The molecule has 11 heteroatoms. The quantitative estimate of drug-likeness (QED) is 0.455. The zero-order valence-corrected chi connectivity index (χ0v) is 17.1. The number of nitrogen functional groups attached to an aromatic ring is 1. The third-order valence-corrected chi connectivity index (χ3v) is 4.72. The summed E-state index contributed by atoms with van der Waals surface area (Å²) in [5, 5.41) is 13.4. The van der Waals surface area contributed by atoms with E-state index in [9.17, 15) is 13.6 Å². The van der Waals surface area contributed by atoms with Gasteiger partial charge in [-0.25, -0.2) is 8.78 Å². The Hall–Kier alpha value is -4.05. The molecule has 32 heavy (non-hydrogen) atoms. The molecule has 0 aliphatic carbocycles. The fourth-order valence-electron chi connectivity index (χ4n) is 2.89. The first kappa shape index (κ1) is 21.2. The van der Waals surface area contributed by atoms with Crippen molar-refractivity contribution in [3.8, 4) is 17.2 Å². The van der Waals surface area contributed by atoms with Crippen molar-refractivity contribution in [3.63, 3.8) is 0 Å². The second kappa shape index (κ2) is 8.98. The molecule has 0 saturated heterocycles. The lowest BCUT2D eigenvalue weighted by atomic mass is 10.1. The van der Waals surface area contributed by atoms with E-state index in [1.807, 2.05) is 0 Å². The van der Waals surface area contributed by atoms with Crippen molar-refractivity contribution in [3.05, 3.63) is 88.4 Å². The summed E-state index contributed by atoms with van der Waals surface area (Å²) < 4.78 is 34.2. The number of benzene rings is 3. The van der Waals surface area contributed by atoms with Crippen LogP contribution < -0.4 is 15.8 Å². The summed E-state index contributed by atoms with van der Waals surface area (Å²) >= 11 is 5.78. The fourth-order valence-corrected chi connectivity index (χ4v) is 3.06. The molecule has 0 atom stereocenters. The Balaban J connectivity index is 1.51. The molecule has 0 saturated carbocycles. The van der Waals surface area contributed by atoms with Crippen LogP contribution in [-0.2, 0) is 6.54 Å². The zero-order valence-electron chi connectivity index (χ0n) is 16.3. The van der Waals surface area contributed by atoms with Crippen LogP contribution in [-0.4, -0.2) is 26.1 Å². The summed E-state index contributed by atoms with van der Waals surface area (Å²) in [4.78, 5) is 12.7. The van der Waals surface area contributed by atoms with Crippen LogP contribution in [0, 0.1) is 11.6 Å². The van der Waals surface area contributed by atoms with Gasteiger partial charge in [-0.15, -0.1) is 0 Å². The number of hydrogen-bond donors (Lipinski definition) is 2. The summed E-state index contributed by atoms with van der Waals surface area (Å²) in [6.07, 6.45) is 0. The van der Waals surface area contributed by atoms with Gasteiger partial charge in [-0.3, -0.25) is 4.79 Å². The number of hydrogen-bond acceptors (Lipinski definition) is 6. The van der Waals surface area contributed by atoms with Gasteiger partial charge in [0, 0.05) is 23.7 Å². The molecular weight excluding hydrogens is 442 g/mol. The molecular formula is C21H15ClF2N6O2. The molecule has 0 fully saturated rings. The molecule has 0 unspecified atom stereocenters. The van der Waals surface area contributed by atoms with E-state index in [0.717, 1.165) is 6.07 Å². The molecule has 1 heterocycles. The predicted molar refractivity (Wildman–Crippen MR) is 113 cm³/mol. The monoisotopic (exact) mass is 456 g/mol. The molecule has 3 aromatic carbocycles. The van der Waals surface area contributed by atoms with Gasteiger partial charge in [0.05, 0.1) is 10.7 Å². The van der Waals surface area contributed by atoms with E-state index in [2.05, 4.69) is 20.8 Å². The number of carbonyl (C=O) groups is 1. The molecule has 3 N–H and O–H groups in total. The standard InChI is InChI=1S/C21H15ClF2N6O2/c22-17-10-16(5-6-18(17)24)32-19-7-4-14(23)8-13(19)11-26-20(31)12-2-1-3-15(9-12)30-21(25)27-28-29-30/h1-10H,11H2,(H,26,31)(H2,25,27,29). The van der Waals surface area contributed by atoms with Gasteiger partial charge in [0.1, 0.15) is 23.1 Å². The van der Waals surface area contributed by atoms with Crippen LogP contribution in [0.4, 0.5) is 14.7 Å². The Morgan fingerprint density at radius 2 is 1.97 bits per heavy atom. The Morgan fingerprint density at radius 3 is 2.72 bits per heavy atom. The van der Waals surface area contributed by atoms with Gasteiger partial charge in [-0.1, -0.05) is 22.8 Å². The van der Waals surface area contributed by atoms with Crippen molar-refractivity contribution in [1.29, 1.82) is 0 Å². The highest BCUT2D eigenvalue weighted by atomic mass is 35.5. The fraction of sp³-hybridized carbons (Fsp3) is 0.0476. The lowest BCUT2D eigenvalue weighted by Gasteiger charge is -2.13. The van der Waals surface area contributed by atoms with Crippen LogP contribution in [0.2, 0.25) is 5.02 Å². The highest BCUT2D eigenvalue weighted by Gasteiger charge is 2.13. The van der Waals surface area contributed by atoms with E-state index in [1.54, 1.807) is 24.3 Å². The number of carbonyl (C=O) groups excluding carboxylic acids is 1. The minimum absolute atomic E-state index is 0.0297. The van der Waals surface area contributed by atoms with Crippen LogP contribution in [0.3, 0.4) is 0 Å². The number of halogens is 3. The second-order valence-corrected chi connectivity index (χ2v) is 7.02. The predicted octanol–water partition coefficient (Wildman–Crippen LogP) is 3.90. The number of anilines is 1.